The van der Waals surface area contributed by atoms with Crippen LogP contribution in [0.3, 0.4) is 0 Å². The number of oxazole rings is 1. The van der Waals surface area contributed by atoms with Crippen LogP contribution in [0.4, 0.5) is 4.39 Å². The van der Waals surface area contributed by atoms with E-state index in [0.717, 1.165) is 36.9 Å². The third-order valence-corrected chi connectivity index (χ3v) is 5.10. The summed E-state index contributed by atoms with van der Waals surface area (Å²) in [6, 6.07) is 13.6. The molecule has 6 heteroatoms. The van der Waals surface area contributed by atoms with Gasteiger partial charge in [0.25, 0.3) is 0 Å². The van der Waals surface area contributed by atoms with Crippen molar-refractivity contribution in [1.29, 1.82) is 0 Å². The van der Waals surface area contributed by atoms with Crippen LogP contribution >= 0.6 is 0 Å². The van der Waals surface area contributed by atoms with Crippen LogP contribution in [0.5, 0.6) is 0 Å². The molecule has 2 heterocycles. The van der Waals surface area contributed by atoms with E-state index in [1.165, 1.54) is 11.6 Å². The van der Waals surface area contributed by atoms with E-state index < -0.39 is 0 Å². The quantitative estimate of drug-likeness (QED) is 0.303. The second-order valence-electron chi connectivity index (χ2n) is 7.67. The third-order valence-electron chi connectivity index (χ3n) is 5.10. The first kappa shape index (κ1) is 21.4. The molecule has 2 aromatic heterocycles. The lowest BCUT2D eigenvalue weighted by Crippen LogP contribution is -1.99. The Morgan fingerprint density at radius 3 is 2.66 bits per heavy atom. The molecular weight excluding hydrogens is 403 g/mol. The van der Waals surface area contributed by atoms with Crippen LogP contribution in [-0.2, 0) is 13.0 Å². The van der Waals surface area contributed by atoms with E-state index >= 15 is 0 Å². The lowest BCUT2D eigenvalue weighted by Gasteiger charge is -2.03. The molecule has 0 N–H and O–H groups in total. The lowest BCUT2D eigenvalue weighted by atomic mass is 10.1. The Hall–Kier alpha value is -3.80. The molecule has 0 fully saturated rings. The van der Waals surface area contributed by atoms with Gasteiger partial charge in [0.05, 0.1) is 6.20 Å². The number of aromatic nitrogens is 4. The van der Waals surface area contributed by atoms with Crippen LogP contribution in [-0.4, -0.2) is 20.0 Å². The third kappa shape index (κ3) is 6.11. The van der Waals surface area contributed by atoms with Gasteiger partial charge in [-0.15, -0.1) is 5.10 Å². The fourth-order valence-electron chi connectivity index (χ4n) is 3.31. The first-order valence-electron chi connectivity index (χ1n) is 10.7. The number of nitrogens with zero attached hydrogens (tertiary/aromatic N) is 4. The van der Waals surface area contributed by atoms with Crippen LogP contribution in [0.1, 0.15) is 46.7 Å². The number of aryl methyl sites for hydroxylation is 3. The zero-order chi connectivity index (χ0) is 22.2. The van der Waals surface area contributed by atoms with Crippen molar-refractivity contribution in [3.05, 3.63) is 101 Å². The van der Waals surface area contributed by atoms with E-state index in [9.17, 15) is 4.39 Å². The highest BCUT2D eigenvalue weighted by Crippen LogP contribution is 2.15. The number of halogens is 1. The molecule has 32 heavy (non-hydrogen) atoms. The number of hydrogen-bond acceptors (Lipinski definition) is 4. The molecule has 162 valence electrons. The van der Waals surface area contributed by atoms with E-state index in [-0.39, 0.29) is 5.82 Å². The summed E-state index contributed by atoms with van der Waals surface area (Å²) < 4.78 is 21.2. The highest BCUT2D eigenvalue weighted by molar-refractivity contribution is 5.70. The molecule has 0 aliphatic rings. The van der Waals surface area contributed by atoms with Crippen LogP contribution in [0.2, 0.25) is 0 Å². The van der Waals surface area contributed by atoms with Crippen molar-refractivity contribution in [3.8, 4) is 0 Å². The molecule has 2 aromatic carbocycles. The van der Waals surface area contributed by atoms with Gasteiger partial charge in [-0.3, -0.25) is 4.68 Å². The highest BCUT2D eigenvalue weighted by atomic mass is 19.1. The van der Waals surface area contributed by atoms with Crippen molar-refractivity contribution in [2.45, 2.75) is 32.7 Å². The summed E-state index contributed by atoms with van der Waals surface area (Å²) in [6.45, 7) is 2.76. The minimum absolute atomic E-state index is 0.258. The van der Waals surface area contributed by atoms with Gasteiger partial charge in [0.2, 0.25) is 5.89 Å². The van der Waals surface area contributed by atoms with Gasteiger partial charge in [0.15, 0.2) is 0 Å². The topological polar surface area (TPSA) is 56.7 Å². The molecule has 0 aliphatic carbocycles. The van der Waals surface area contributed by atoms with Gasteiger partial charge in [-0.05, 0) is 61.1 Å². The normalized spacial score (nSPS) is 11.7. The minimum atomic E-state index is -0.258. The van der Waals surface area contributed by atoms with Gasteiger partial charge >= 0.3 is 0 Å². The van der Waals surface area contributed by atoms with Gasteiger partial charge in [-0.25, -0.2) is 9.37 Å². The van der Waals surface area contributed by atoms with Gasteiger partial charge < -0.3 is 4.42 Å². The maximum absolute atomic E-state index is 13.9. The second kappa shape index (κ2) is 10.5. The number of unbranched alkanes of at least 4 members (excludes halogenated alkanes) is 1. The standard InChI is InChI=1S/C26H25FN4O/c1-20-5-11-23(25(27)18-20)12-14-26-29-24(19-32-26)13-10-22-8-6-21(7-9-22)4-2-3-16-31-17-15-28-30-31/h5-15,17-19H,2-4,16H2,1H3/b13-10+,14-12+. The summed E-state index contributed by atoms with van der Waals surface area (Å²) in [5, 5.41) is 7.79. The predicted molar refractivity (Wildman–Crippen MR) is 125 cm³/mol. The molecule has 0 radical (unpaired) electrons. The fourth-order valence-corrected chi connectivity index (χ4v) is 3.31. The monoisotopic (exact) mass is 428 g/mol. The maximum atomic E-state index is 13.9. The van der Waals surface area contributed by atoms with Crippen molar-refractivity contribution in [1.82, 2.24) is 20.0 Å². The Balaban J connectivity index is 1.27. The number of hydrogen-bond donors (Lipinski definition) is 0. The molecule has 0 aliphatic heterocycles. The molecule has 0 saturated carbocycles. The van der Waals surface area contributed by atoms with Crippen LogP contribution in [0.25, 0.3) is 24.3 Å². The maximum Gasteiger partial charge on any atom is 0.219 e. The van der Waals surface area contributed by atoms with E-state index in [4.69, 9.17) is 4.42 Å². The lowest BCUT2D eigenvalue weighted by molar-refractivity contribution is 0.541. The number of rotatable bonds is 9. The van der Waals surface area contributed by atoms with Crippen molar-refractivity contribution in [3.63, 3.8) is 0 Å². The van der Waals surface area contributed by atoms with Gasteiger partial charge in [-0.2, -0.15) is 0 Å². The Bertz CT molecular complexity index is 1190. The summed E-state index contributed by atoms with van der Waals surface area (Å²) >= 11 is 0. The molecule has 5 nitrogen and oxygen atoms in total. The molecule has 0 atom stereocenters. The molecule has 4 aromatic rings. The van der Waals surface area contributed by atoms with E-state index in [1.54, 1.807) is 30.7 Å². The van der Waals surface area contributed by atoms with Gasteiger partial charge in [0.1, 0.15) is 17.8 Å². The smallest absolute Gasteiger partial charge is 0.219 e. The summed E-state index contributed by atoms with van der Waals surface area (Å²) in [5.74, 6) is 0.178. The Labute approximate surface area is 186 Å². The molecule has 4 rings (SSSR count). The molecule has 0 bridgehead atoms. The van der Waals surface area contributed by atoms with Crippen molar-refractivity contribution in [2.75, 3.05) is 0 Å². The summed E-state index contributed by atoms with van der Waals surface area (Å²) in [7, 11) is 0. The van der Waals surface area contributed by atoms with Crippen molar-refractivity contribution < 1.29 is 8.81 Å². The fraction of sp³-hybridized carbons (Fsp3) is 0.192. The molecule has 0 unspecified atom stereocenters. The van der Waals surface area contributed by atoms with E-state index in [0.29, 0.717) is 17.1 Å². The van der Waals surface area contributed by atoms with Gasteiger partial charge in [0, 0.05) is 24.4 Å². The first-order chi connectivity index (χ1) is 15.7. The molecule has 0 saturated heterocycles. The van der Waals surface area contributed by atoms with Crippen LogP contribution < -0.4 is 0 Å². The Morgan fingerprint density at radius 2 is 1.88 bits per heavy atom. The second-order valence-corrected chi connectivity index (χ2v) is 7.67. The Kier molecular flexibility index (Phi) is 7.02. The zero-order valence-corrected chi connectivity index (χ0v) is 18.0. The van der Waals surface area contributed by atoms with Crippen molar-refractivity contribution in [2.24, 2.45) is 0 Å². The van der Waals surface area contributed by atoms with Crippen LogP contribution in [0, 0.1) is 12.7 Å². The highest BCUT2D eigenvalue weighted by Gasteiger charge is 2.01. The molecule has 0 amide bonds. The Morgan fingerprint density at radius 1 is 1.00 bits per heavy atom. The largest absolute Gasteiger partial charge is 0.444 e. The van der Waals surface area contributed by atoms with E-state index in [2.05, 4.69) is 39.6 Å². The average Bonchev–Trinajstić information content (AvgIpc) is 3.48. The van der Waals surface area contributed by atoms with Crippen molar-refractivity contribution >= 4 is 24.3 Å². The predicted octanol–water partition coefficient (Wildman–Crippen LogP) is 6.08. The average molecular weight is 429 g/mol. The first-order valence-corrected chi connectivity index (χ1v) is 10.7. The zero-order valence-electron chi connectivity index (χ0n) is 18.0. The summed E-state index contributed by atoms with van der Waals surface area (Å²) in [5.41, 5.74) is 4.52. The number of benzene rings is 2. The van der Waals surface area contributed by atoms with Crippen LogP contribution in [0.15, 0.2) is 65.5 Å². The van der Waals surface area contributed by atoms with Gasteiger partial charge in [-0.1, -0.05) is 47.7 Å². The molecule has 0 spiro atoms. The minimum Gasteiger partial charge on any atom is -0.444 e. The van der Waals surface area contributed by atoms with E-state index in [1.807, 2.05) is 36.0 Å². The SMILES string of the molecule is Cc1ccc(/C=C/c2nc(/C=C/c3ccc(CCCCn4ccnn4)cc3)co2)c(F)c1. The summed E-state index contributed by atoms with van der Waals surface area (Å²) in [6.07, 6.45) is 15.6. The summed E-state index contributed by atoms with van der Waals surface area (Å²) in [4.78, 5) is 4.40. The molecular formula is C26H25FN4O.